The molecular weight excluding hydrogens is 503 g/mol. The van der Waals surface area contributed by atoms with Crippen molar-refractivity contribution in [2.75, 3.05) is 39.3 Å². The number of hydrogen-bond donors (Lipinski definition) is 1. The molecule has 0 bridgehead atoms. The molecule has 3 aliphatic rings. The predicted molar refractivity (Wildman–Crippen MR) is 144 cm³/mol. The number of rotatable bonds is 10. The minimum Gasteiger partial charge on any atom is -0.481 e. The van der Waals surface area contributed by atoms with E-state index in [4.69, 9.17) is 0 Å². The Morgan fingerprint density at radius 2 is 1.85 bits per heavy atom. The van der Waals surface area contributed by atoms with Gasteiger partial charge in [-0.1, -0.05) is 25.0 Å². The number of carbonyl (C=O) groups is 1. The summed E-state index contributed by atoms with van der Waals surface area (Å²) in [7, 11) is 0. The van der Waals surface area contributed by atoms with Gasteiger partial charge in [0.25, 0.3) is 5.92 Å². The molecule has 5 rings (SSSR count). The van der Waals surface area contributed by atoms with Crippen LogP contribution in [0.15, 0.2) is 48.8 Å². The van der Waals surface area contributed by atoms with E-state index in [1.165, 1.54) is 24.5 Å². The Morgan fingerprint density at radius 3 is 2.51 bits per heavy atom. The van der Waals surface area contributed by atoms with Crippen LogP contribution in [0, 0.1) is 23.1 Å². The van der Waals surface area contributed by atoms with Crippen molar-refractivity contribution in [2.45, 2.75) is 63.2 Å². The Balaban J connectivity index is 1.18. The van der Waals surface area contributed by atoms with Crippen LogP contribution in [-0.4, -0.2) is 65.1 Å². The molecule has 0 unspecified atom stereocenters. The second-order valence-electron chi connectivity index (χ2n) is 12.1. The molecule has 2 atom stereocenters. The number of aromatic nitrogens is 1. The maximum absolute atomic E-state index is 14.6. The molecule has 1 aliphatic carbocycles. The maximum Gasteiger partial charge on any atom is 0.310 e. The third-order valence-electron chi connectivity index (χ3n) is 9.48. The van der Waals surface area contributed by atoms with Crippen molar-refractivity contribution in [3.05, 3.63) is 65.7 Å². The number of benzene rings is 1. The van der Waals surface area contributed by atoms with Crippen molar-refractivity contribution in [1.82, 2.24) is 14.8 Å². The molecular formula is C31H40F3N3O2. The van der Waals surface area contributed by atoms with Crippen molar-refractivity contribution >= 4 is 5.97 Å². The smallest absolute Gasteiger partial charge is 0.310 e. The Bertz CT molecular complexity index is 1100. The van der Waals surface area contributed by atoms with Crippen LogP contribution in [0.5, 0.6) is 0 Å². The number of nitrogens with zero attached hydrogens (tertiary/aromatic N) is 3. The van der Waals surface area contributed by atoms with Crippen LogP contribution in [0.2, 0.25) is 0 Å². The van der Waals surface area contributed by atoms with Gasteiger partial charge in [0.05, 0.1) is 5.41 Å². The summed E-state index contributed by atoms with van der Waals surface area (Å²) in [5.74, 6) is -3.10. The van der Waals surface area contributed by atoms with Crippen LogP contribution in [0.1, 0.15) is 68.4 Å². The van der Waals surface area contributed by atoms with Gasteiger partial charge in [-0.25, -0.2) is 13.2 Å². The van der Waals surface area contributed by atoms with Crippen molar-refractivity contribution in [2.24, 2.45) is 17.3 Å². The maximum atomic E-state index is 14.6. The highest BCUT2D eigenvalue weighted by atomic mass is 19.3. The average molecular weight is 544 g/mol. The van der Waals surface area contributed by atoms with Gasteiger partial charge < -0.3 is 14.9 Å². The molecule has 1 aromatic carbocycles. The summed E-state index contributed by atoms with van der Waals surface area (Å²) in [6.07, 6.45) is 8.26. The number of carboxylic acids is 1. The standard InChI is InChI=1S/C31H40F3N3O2/c32-27-7-3-5-24(17-27)28-21-37(22-30(29(38)39)11-1-2-12-30)20-25(28)19-36-15-9-23(10-16-36)8-13-31(33,34)26-6-4-14-35-18-26/h3-7,14,17-18,23,25,28H,1-2,8-13,15-16,19-22H2,(H,38,39)/t25-,28-/m1/s1. The third-order valence-corrected chi connectivity index (χ3v) is 9.48. The zero-order valence-corrected chi connectivity index (χ0v) is 22.6. The summed E-state index contributed by atoms with van der Waals surface area (Å²) < 4.78 is 43.4. The number of carboxylic acid groups (broad SMARTS) is 1. The van der Waals surface area contributed by atoms with Crippen LogP contribution in [0.25, 0.3) is 0 Å². The highest BCUT2D eigenvalue weighted by Crippen LogP contribution is 2.42. The van der Waals surface area contributed by atoms with E-state index in [0.717, 1.165) is 76.8 Å². The van der Waals surface area contributed by atoms with E-state index in [0.29, 0.717) is 13.0 Å². The fourth-order valence-electron chi connectivity index (χ4n) is 7.21. The van der Waals surface area contributed by atoms with E-state index in [1.807, 2.05) is 6.07 Å². The average Bonchev–Trinajstić information content (AvgIpc) is 3.57. The number of hydrogen-bond acceptors (Lipinski definition) is 4. The first-order valence-electron chi connectivity index (χ1n) is 14.5. The number of piperidine rings is 1. The van der Waals surface area contributed by atoms with Gasteiger partial charge in [-0.3, -0.25) is 9.78 Å². The molecule has 3 fully saturated rings. The Labute approximate surface area is 229 Å². The fourth-order valence-corrected chi connectivity index (χ4v) is 7.21. The lowest BCUT2D eigenvalue weighted by Crippen LogP contribution is -2.41. The molecule has 1 saturated carbocycles. The zero-order valence-electron chi connectivity index (χ0n) is 22.6. The van der Waals surface area contributed by atoms with Gasteiger partial charge in [0.1, 0.15) is 5.82 Å². The first-order valence-corrected chi connectivity index (χ1v) is 14.5. The van der Waals surface area contributed by atoms with E-state index in [-0.39, 0.29) is 35.6 Å². The summed E-state index contributed by atoms with van der Waals surface area (Å²) in [6.45, 7) is 4.69. The largest absolute Gasteiger partial charge is 0.481 e. The van der Waals surface area contributed by atoms with Gasteiger partial charge in [0.15, 0.2) is 0 Å². The molecule has 2 aromatic rings. The minimum atomic E-state index is -2.86. The quantitative estimate of drug-likeness (QED) is 0.389. The van der Waals surface area contributed by atoms with Gasteiger partial charge >= 0.3 is 5.97 Å². The molecule has 8 heteroatoms. The lowest BCUT2D eigenvalue weighted by molar-refractivity contribution is -0.149. The summed E-state index contributed by atoms with van der Waals surface area (Å²) in [4.78, 5) is 20.8. The highest BCUT2D eigenvalue weighted by Gasteiger charge is 2.45. The van der Waals surface area contributed by atoms with E-state index in [9.17, 15) is 23.1 Å². The third kappa shape index (κ3) is 6.65. The summed E-state index contributed by atoms with van der Waals surface area (Å²) in [5, 5.41) is 10.0. The Hall–Kier alpha value is -2.45. The van der Waals surface area contributed by atoms with Crippen molar-refractivity contribution < 1.29 is 23.1 Å². The van der Waals surface area contributed by atoms with Crippen LogP contribution in [-0.2, 0) is 10.7 Å². The van der Waals surface area contributed by atoms with Gasteiger partial charge in [-0.05, 0) is 86.9 Å². The molecule has 1 aromatic heterocycles. The lowest BCUT2D eigenvalue weighted by atomic mass is 9.85. The normalized spacial score (nSPS) is 24.8. The first kappa shape index (κ1) is 28.1. The van der Waals surface area contributed by atoms with E-state index < -0.39 is 17.3 Å². The van der Waals surface area contributed by atoms with E-state index in [2.05, 4.69) is 14.8 Å². The number of halogens is 3. The van der Waals surface area contributed by atoms with Crippen molar-refractivity contribution in [3.63, 3.8) is 0 Å². The molecule has 212 valence electrons. The molecule has 5 nitrogen and oxygen atoms in total. The number of pyridine rings is 1. The monoisotopic (exact) mass is 543 g/mol. The summed E-state index contributed by atoms with van der Waals surface area (Å²) in [5.41, 5.74) is 0.294. The zero-order chi connectivity index (χ0) is 27.5. The lowest BCUT2D eigenvalue weighted by Gasteiger charge is -2.35. The van der Waals surface area contributed by atoms with Crippen molar-refractivity contribution in [1.29, 1.82) is 0 Å². The number of likely N-dealkylation sites (tertiary alicyclic amines) is 2. The Kier molecular flexibility index (Phi) is 8.62. The topological polar surface area (TPSA) is 56.7 Å². The molecule has 3 heterocycles. The van der Waals surface area contributed by atoms with Gasteiger partial charge in [0, 0.05) is 56.5 Å². The first-order chi connectivity index (χ1) is 18.7. The minimum absolute atomic E-state index is 0.0149. The van der Waals surface area contributed by atoms with Gasteiger partial charge in [-0.15, -0.1) is 0 Å². The summed E-state index contributed by atoms with van der Waals surface area (Å²) >= 11 is 0. The van der Waals surface area contributed by atoms with E-state index >= 15 is 0 Å². The molecule has 2 aliphatic heterocycles. The van der Waals surface area contributed by atoms with Crippen LogP contribution >= 0.6 is 0 Å². The Morgan fingerprint density at radius 1 is 1.08 bits per heavy atom. The highest BCUT2D eigenvalue weighted by molar-refractivity contribution is 5.75. The second-order valence-corrected chi connectivity index (χ2v) is 12.1. The number of aliphatic carboxylic acids is 1. The van der Waals surface area contributed by atoms with Crippen LogP contribution < -0.4 is 0 Å². The SMILES string of the molecule is O=C(O)C1(CN2C[C@@H](CN3CCC(CCC(F)(F)c4cccnc4)CC3)[C@@H](c3cccc(F)c3)C2)CCCC1. The second kappa shape index (κ2) is 12.0. The van der Waals surface area contributed by atoms with Crippen molar-refractivity contribution in [3.8, 4) is 0 Å². The van der Waals surface area contributed by atoms with Gasteiger partial charge in [0.2, 0.25) is 0 Å². The summed E-state index contributed by atoms with van der Waals surface area (Å²) in [6, 6.07) is 9.83. The molecule has 0 spiro atoms. The predicted octanol–water partition coefficient (Wildman–Crippen LogP) is 6.17. The van der Waals surface area contributed by atoms with Gasteiger partial charge in [-0.2, -0.15) is 0 Å². The van der Waals surface area contributed by atoms with Crippen LogP contribution in [0.3, 0.4) is 0 Å². The molecule has 2 saturated heterocycles. The molecule has 0 radical (unpaired) electrons. The van der Waals surface area contributed by atoms with Crippen LogP contribution in [0.4, 0.5) is 13.2 Å². The van der Waals surface area contributed by atoms with E-state index in [1.54, 1.807) is 18.2 Å². The molecule has 0 amide bonds. The fraction of sp³-hybridized carbons (Fsp3) is 0.613. The molecule has 39 heavy (non-hydrogen) atoms. The molecule has 1 N–H and O–H groups in total. The number of alkyl halides is 2.